The lowest BCUT2D eigenvalue weighted by Gasteiger charge is -2.35. The predicted octanol–water partition coefficient (Wildman–Crippen LogP) is 2.23. The monoisotopic (exact) mass is 241 g/mol. The first-order valence-electron chi connectivity index (χ1n) is 7.33. The first-order chi connectivity index (χ1) is 8.28. The summed E-state index contributed by atoms with van der Waals surface area (Å²) in [6.07, 6.45) is 9.39. The van der Waals surface area contributed by atoms with E-state index in [4.69, 9.17) is 4.74 Å². The topological polar surface area (TPSA) is 41.5 Å². The predicted molar refractivity (Wildman–Crippen MR) is 69.1 cm³/mol. The molecular formula is C14H27NO2. The summed E-state index contributed by atoms with van der Waals surface area (Å²) in [4.78, 5) is 0. The summed E-state index contributed by atoms with van der Waals surface area (Å²) in [5.41, 5.74) is 0. The summed E-state index contributed by atoms with van der Waals surface area (Å²) < 4.78 is 5.77. The molecule has 0 amide bonds. The van der Waals surface area contributed by atoms with Crippen LogP contribution in [0.1, 0.15) is 58.3 Å². The Balaban J connectivity index is 1.74. The second kappa shape index (κ2) is 6.72. The van der Waals surface area contributed by atoms with Gasteiger partial charge < -0.3 is 15.2 Å². The number of nitrogens with one attached hydrogen (secondary N) is 1. The maximum atomic E-state index is 9.68. The van der Waals surface area contributed by atoms with Gasteiger partial charge in [-0.05, 0) is 44.9 Å². The van der Waals surface area contributed by atoms with E-state index in [2.05, 4.69) is 12.2 Å². The third-order valence-corrected chi connectivity index (χ3v) is 4.10. The molecule has 1 heterocycles. The zero-order valence-electron chi connectivity index (χ0n) is 11.0. The van der Waals surface area contributed by atoms with E-state index in [1.165, 1.54) is 25.7 Å². The number of aliphatic hydroxyl groups excluding tert-OH is 1. The van der Waals surface area contributed by atoms with Crippen LogP contribution in [0.25, 0.3) is 0 Å². The minimum Gasteiger partial charge on any atom is -0.393 e. The molecule has 0 aromatic heterocycles. The van der Waals surface area contributed by atoms with Crippen LogP contribution in [0.3, 0.4) is 0 Å². The molecule has 3 heteroatoms. The minimum atomic E-state index is -0.0764. The molecule has 0 radical (unpaired) electrons. The van der Waals surface area contributed by atoms with Crippen molar-refractivity contribution < 1.29 is 9.84 Å². The van der Waals surface area contributed by atoms with E-state index in [9.17, 15) is 5.11 Å². The third-order valence-electron chi connectivity index (χ3n) is 4.10. The van der Waals surface area contributed by atoms with Crippen molar-refractivity contribution in [2.24, 2.45) is 0 Å². The van der Waals surface area contributed by atoms with Gasteiger partial charge in [0.05, 0.1) is 12.2 Å². The van der Waals surface area contributed by atoms with E-state index >= 15 is 0 Å². The van der Waals surface area contributed by atoms with Crippen molar-refractivity contribution in [1.29, 1.82) is 0 Å². The molecule has 3 nitrogen and oxygen atoms in total. The molecule has 0 bridgehead atoms. The summed E-state index contributed by atoms with van der Waals surface area (Å²) in [6, 6.07) is 1.14. The summed E-state index contributed by atoms with van der Waals surface area (Å²) in [5, 5.41) is 13.4. The van der Waals surface area contributed by atoms with E-state index in [-0.39, 0.29) is 6.10 Å². The first-order valence-corrected chi connectivity index (χ1v) is 7.33. The molecule has 17 heavy (non-hydrogen) atoms. The van der Waals surface area contributed by atoms with Gasteiger partial charge in [-0.2, -0.15) is 0 Å². The van der Waals surface area contributed by atoms with Gasteiger partial charge in [-0.1, -0.05) is 13.3 Å². The van der Waals surface area contributed by atoms with Gasteiger partial charge in [0.15, 0.2) is 0 Å². The van der Waals surface area contributed by atoms with E-state index in [0.717, 1.165) is 32.3 Å². The van der Waals surface area contributed by atoms with Crippen LogP contribution in [-0.4, -0.2) is 36.0 Å². The van der Waals surface area contributed by atoms with Gasteiger partial charge in [0.1, 0.15) is 0 Å². The molecule has 2 aliphatic rings. The van der Waals surface area contributed by atoms with Gasteiger partial charge in [0, 0.05) is 18.7 Å². The molecular weight excluding hydrogens is 214 g/mol. The fourth-order valence-electron chi connectivity index (χ4n) is 3.20. The molecule has 2 N–H and O–H groups in total. The second-order valence-electron chi connectivity index (χ2n) is 5.69. The summed E-state index contributed by atoms with van der Waals surface area (Å²) in [5.74, 6) is 0. The maximum Gasteiger partial charge on any atom is 0.0589 e. The maximum absolute atomic E-state index is 9.68. The fraction of sp³-hybridized carbons (Fsp3) is 1.00. The Kier molecular flexibility index (Phi) is 5.26. The quantitative estimate of drug-likeness (QED) is 0.793. The van der Waals surface area contributed by atoms with Gasteiger partial charge in [0.25, 0.3) is 0 Å². The molecule has 0 aromatic carbocycles. The summed E-state index contributed by atoms with van der Waals surface area (Å²) in [7, 11) is 0. The second-order valence-corrected chi connectivity index (χ2v) is 5.69. The Hall–Kier alpha value is -0.120. The lowest BCUT2D eigenvalue weighted by molar-refractivity contribution is -0.00757. The SMILES string of the molecule is CCCC1CC(NC2CCCC(O)C2)CCO1. The van der Waals surface area contributed by atoms with Crippen LogP contribution in [0.15, 0.2) is 0 Å². The number of hydrogen-bond acceptors (Lipinski definition) is 3. The smallest absolute Gasteiger partial charge is 0.0589 e. The van der Waals surface area contributed by atoms with Crippen molar-refractivity contribution in [3.63, 3.8) is 0 Å². The highest BCUT2D eigenvalue weighted by molar-refractivity contribution is 4.84. The molecule has 1 aliphatic heterocycles. The molecule has 4 atom stereocenters. The van der Waals surface area contributed by atoms with Gasteiger partial charge in [-0.25, -0.2) is 0 Å². The Morgan fingerprint density at radius 1 is 1.18 bits per heavy atom. The lowest BCUT2D eigenvalue weighted by Crippen LogP contribution is -2.46. The van der Waals surface area contributed by atoms with Gasteiger partial charge in [0.2, 0.25) is 0 Å². The molecule has 2 fully saturated rings. The van der Waals surface area contributed by atoms with Crippen LogP contribution in [0.2, 0.25) is 0 Å². The molecule has 100 valence electrons. The number of aliphatic hydroxyl groups is 1. The van der Waals surface area contributed by atoms with Crippen molar-refractivity contribution in [2.75, 3.05) is 6.61 Å². The van der Waals surface area contributed by atoms with Crippen molar-refractivity contribution >= 4 is 0 Å². The van der Waals surface area contributed by atoms with Gasteiger partial charge in [-0.3, -0.25) is 0 Å². The number of ether oxygens (including phenoxy) is 1. The first kappa shape index (κ1) is 13.3. The van der Waals surface area contributed by atoms with Crippen LogP contribution >= 0.6 is 0 Å². The number of hydrogen-bond donors (Lipinski definition) is 2. The van der Waals surface area contributed by atoms with Crippen molar-refractivity contribution in [2.45, 2.75) is 82.6 Å². The largest absolute Gasteiger partial charge is 0.393 e. The average molecular weight is 241 g/mol. The van der Waals surface area contributed by atoms with E-state index < -0.39 is 0 Å². The highest BCUT2D eigenvalue weighted by Gasteiger charge is 2.26. The summed E-state index contributed by atoms with van der Waals surface area (Å²) >= 11 is 0. The molecule has 0 aromatic rings. The fourth-order valence-corrected chi connectivity index (χ4v) is 3.20. The third kappa shape index (κ3) is 4.23. The Morgan fingerprint density at radius 3 is 2.76 bits per heavy atom. The molecule has 0 spiro atoms. The molecule has 2 rings (SSSR count). The summed E-state index contributed by atoms with van der Waals surface area (Å²) in [6.45, 7) is 3.12. The van der Waals surface area contributed by atoms with Crippen molar-refractivity contribution in [1.82, 2.24) is 5.32 Å². The molecule has 4 unspecified atom stereocenters. The van der Waals surface area contributed by atoms with Crippen LogP contribution < -0.4 is 5.32 Å². The lowest BCUT2D eigenvalue weighted by atomic mass is 9.91. The van der Waals surface area contributed by atoms with E-state index in [1.807, 2.05) is 0 Å². The van der Waals surface area contributed by atoms with Gasteiger partial charge >= 0.3 is 0 Å². The standard InChI is InChI=1S/C14H27NO2/c1-2-4-14-10-12(7-8-17-14)15-11-5-3-6-13(16)9-11/h11-16H,2-10H2,1H3. The van der Waals surface area contributed by atoms with Crippen LogP contribution in [0.5, 0.6) is 0 Å². The normalized spacial score (nSPS) is 39.2. The zero-order chi connectivity index (χ0) is 12.1. The van der Waals surface area contributed by atoms with E-state index in [0.29, 0.717) is 18.2 Å². The van der Waals surface area contributed by atoms with E-state index in [1.54, 1.807) is 0 Å². The zero-order valence-corrected chi connectivity index (χ0v) is 11.0. The molecule has 1 aliphatic carbocycles. The van der Waals surface area contributed by atoms with Crippen LogP contribution in [0, 0.1) is 0 Å². The van der Waals surface area contributed by atoms with Crippen molar-refractivity contribution in [3.8, 4) is 0 Å². The molecule has 1 saturated carbocycles. The van der Waals surface area contributed by atoms with Gasteiger partial charge in [-0.15, -0.1) is 0 Å². The Morgan fingerprint density at radius 2 is 2.00 bits per heavy atom. The highest BCUT2D eigenvalue weighted by Crippen LogP contribution is 2.22. The minimum absolute atomic E-state index is 0.0764. The Labute approximate surface area is 105 Å². The van der Waals surface area contributed by atoms with Crippen LogP contribution in [-0.2, 0) is 4.74 Å². The number of rotatable bonds is 4. The highest BCUT2D eigenvalue weighted by atomic mass is 16.5. The Bertz CT molecular complexity index is 220. The average Bonchev–Trinajstić information content (AvgIpc) is 2.30. The molecule has 1 saturated heterocycles. The van der Waals surface area contributed by atoms with Crippen LogP contribution in [0.4, 0.5) is 0 Å². The van der Waals surface area contributed by atoms with Crippen molar-refractivity contribution in [3.05, 3.63) is 0 Å².